The summed E-state index contributed by atoms with van der Waals surface area (Å²) in [5.41, 5.74) is 3.90. The van der Waals surface area contributed by atoms with Crippen LogP contribution in [0.3, 0.4) is 0 Å². The van der Waals surface area contributed by atoms with Gasteiger partial charge in [0.1, 0.15) is 0 Å². The maximum atomic E-state index is 11.7. The Hall–Kier alpha value is -0.570. The van der Waals surface area contributed by atoms with Crippen LogP contribution in [-0.4, -0.2) is 18.5 Å². The zero-order valence-electron chi connectivity index (χ0n) is 14.0. The van der Waals surface area contributed by atoms with Crippen molar-refractivity contribution in [1.29, 1.82) is 0 Å². The molecule has 0 aromatic heterocycles. The molecule has 0 aliphatic heterocycles. The van der Waals surface area contributed by atoms with E-state index < -0.39 is 0 Å². The summed E-state index contributed by atoms with van der Waals surface area (Å²) in [5, 5.41) is 2.99. The Balaban J connectivity index is 3.23. The highest BCUT2D eigenvalue weighted by atomic mass is 16.2. The van der Waals surface area contributed by atoms with Gasteiger partial charge >= 0.3 is 0 Å². The number of carbonyl (C=O) groups excluding carboxylic acids is 1. The van der Waals surface area contributed by atoms with E-state index in [1.54, 1.807) is 0 Å². The van der Waals surface area contributed by atoms with E-state index in [1.165, 1.54) is 57.8 Å². The van der Waals surface area contributed by atoms with Gasteiger partial charge in [0.2, 0.25) is 0 Å². The minimum absolute atomic E-state index is 0.107. The lowest BCUT2D eigenvalue weighted by Crippen LogP contribution is -2.69. The van der Waals surface area contributed by atoms with Crippen molar-refractivity contribution in [2.24, 2.45) is 5.92 Å². The molecule has 0 rings (SSSR count). The summed E-state index contributed by atoms with van der Waals surface area (Å²) in [6.45, 7) is 7.15. The third kappa shape index (κ3) is 11.3. The first-order valence-electron chi connectivity index (χ1n) is 8.70. The fraction of sp³-hybridized carbons (Fsp3) is 0.941. The zero-order chi connectivity index (χ0) is 15.2. The topological polar surface area (TPSA) is 56.7 Å². The van der Waals surface area contributed by atoms with E-state index in [4.69, 9.17) is 0 Å². The van der Waals surface area contributed by atoms with Gasteiger partial charge in [-0.1, -0.05) is 78.6 Å². The predicted octanol–water partition coefficient (Wildman–Crippen LogP) is 3.29. The Kier molecular flexibility index (Phi) is 13.0. The van der Waals surface area contributed by atoms with Gasteiger partial charge in [-0.3, -0.25) is 4.79 Å². The van der Waals surface area contributed by atoms with Crippen LogP contribution in [0, 0.1) is 5.92 Å². The third-order valence-electron chi connectivity index (χ3n) is 3.97. The van der Waals surface area contributed by atoms with E-state index >= 15 is 0 Å². The number of quaternary nitrogens is 1. The molecule has 1 atom stereocenters. The number of hydrogen-bond acceptors (Lipinski definition) is 1. The van der Waals surface area contributed by atoms with Crippen LogP contribution < -0.4 is 11.1 Å². The molecule has 0 fully saturated rings. The minimum atomic E-state index is -0.113. The van der Waals surface area contributed by atoms with Gasteiger partial charge in [0.15, 0.2) is 6.04 Å². The summed E-state index contributed by atoms with van der Waals surface area (Å²) >= 11 is 0. The molecular formula is C17H37N2O+. The molecule has 1 amide bonds. The molecule has 0 bridgehead atoms. The van der Waals surface area contributed by atoms with Crippen molar-refractivity contribution in [3.8, 4) is 0 Å². The van der Waals surface area contributed by atoms with Gasteiger partial charge in [0, 0.05) is 12.5 Å². The fourth-order valence-electron chi connectivity index (χ4n) is 2.26. The summed E-state index contributed by atoms with van der Waals surface area (Å²) in [5.74, 6) is 0.429. The molecule has 3 heteroatoms. The summed E-state index contributed by atoms with van der Waals surface area (Å²) in [4.78, 5) is 11.7. The second-order valence-corrected chi connectivity index (χ2v) is 6.32. The van der Waals surface area contributed by atoms with Crippen molar-refractivity contribution in [2.45, 2.75) is 91.0 Å². The highest BCUT2D eigenvalue weighted by Gasteiger charge is 2.19. The Morgan fingerprint density at radius 3 is 1.80 bits per heavy atom. The SMILES string of the molecule is CCCCCCCCCCCCNC(=O)C([NH3+])C(C)C. The van der Waals surface area contributed by atoms with Crippen LogP contribution in [0.4, 0.5) is 0 Å². The summed E-state index contributed by atoms with van der Waals surface area (Å²) in [7, 11) is 0. The maximum absolute atomic E-state index is 11.7. The normalized spacial score (nSPS) is 12.7. The van der Waals surface area contributed by atoms with Gasteiger partial charge in [-0.15, -0.1) is 0 Å². The third-order valence-corrected chi connectivity index (χ3v) is 3.97. The van der Waals surface area contributed by atoms with Crippen LogP contribution in [-0.2, 0) is 4.79 Å². The molecule has 20 heavy (non-hydrogen) atoms. The zero-order valence-corrected chi connectivity index (χ0v) is 14.0. The number of carbonyl (C=O) groups is 1. The summed E-state index contributed by atoms with van der Waals surface area (Å²) < 4.78 is 0. The molecule has 0 saturated carbocycles. The standard InChI is InChI=1S/C17H36N2O/c1-4-5-6-7-8-9-10-11-12-13-14-19-17(20)16(18)15(2)3/h15-16H,4-14,18H2,1-3H3,(H,19,20)/p+1. The van der Waals surface area contributed by atoms with E-state index in [2.05, 4.69) is 18.0 Å². The number of nitrogens with one attached hydrogen (secondary N) is 1. The van der Waals surface area contributed by atoms with Crippen molar-refractivity contribution < 1.29 is 10.5 Å². The van der Waals surface area contributed by atoms with Crippen LogP contribution >= 0.6 is 0 Å². The Morgan fingerprint density at radius 1 is 0.900 bits per heavy atom. The van der Waals surface area contributed by atoms with Gasteiger partial charge in [-0.2, -0.15) is 0 Å². The quantitative estimate of drug-likeness (QED) is 0.501. The van der Waals surface area contributed by atoms with Crippen LogP contribution in [0.5, 0.6) is 0 Å². The first-order chi connectivity index (χ1) is 9.59. The minimum Gasteiger partial charge on any atom is -0.351 e. The highest BCUT2D eigenvalue weighted by molar-refractivity contribution is 5.80. The molecule has 0 aromatic rings. The molecule has 120 valence electrons. The molecule has 0 aromatic carbocycles. The van der Waals surface area contributed by atoms with E-state index in [1.807, 2.05) is 13.8 Å². The van der Waals surface area contributed by atoms with E-state index in [9.17, 15) is 4.79 Å². The Bertz CT molecular complexity index is 229. The largest absolute Gasteiger partial charge is 0.351 e. The average Bonchev–Trinajstić information content (AvgIpc) is 2.43. The second-order valence-electron chi connectivity index (χ2n) is 6.32. The van der Waals surface area contributed by atoms with E-state index in [0.29, 0.717) is 5.92 Å². The number of hydrogen-bond donors (Lipinski definition) is 2. The van der Waals surface area contributed by atoms with Gasteiger partial charge in [0.05, 0.1) is 0 Å². The molecule has 4 N–H and O–H groups in total. The van der Waals surface area contributed by atoms with Crippen LogP contribution in [0.1, 0.15) is 85.0 Å². The molecule has 3 nitrogen and oxygen atoms in total. The lowest BCUT2D eigenvalue weighted by Gasteiger charge is -2.12. The average molecular weight is 285 g/mol. The van der Waals surface area contributed by atoms with Crippen LogP contribution in [0.2, 0.25) is 0 Å². The van der Waals surface area contributed by atoms with E-state index in [-0.39, 0.29) is 11.9 Å². The monoisotopic (exact) mass is 285 g/mol. The fourth-order valence-corrected chi connectivity index (χ4v) is 2.26. The van der Waals surface area contributed by atoms with Crippen molar-refractivity contribution in [1.82, 2.24) is 5.32 Å². The predicted molar refractivity (Wildman–Crippen MR) is 86.4 cm³/mol. The van der Waals surface area contributed by atoms with Crippen molar-refractivity contribution >= 4 is 5.91 Å². The molecule has 0 aliphatic rings. The number of rotatable bonds is 13. The lowest BCUT2D eigenvalue weighted by molar-refractivity contribution is -0.414. The first kappa shape index (κ1) is 19.4. The second kappa shape index (κ2) is 13.4. The Labute approximate surface area is 126 Å². The molecule has 0 saturated heterocycles. The van der Waals surface area contributed by atoms with Gasteiger partial charge in [-0.05, 0) is 6.42 Å². The smallest absolute Gasteiger partial charge is 0.278 e. The molecule has 0 radical (unpaired) electrons. The highest BCUT2D eigenvalue weighted by Crippen LogP contribution is 2.10. The van der Waals surface area contributed by atoms with Gasteiger partial charge in [-0.25, -0.2) is 0 Å². The molecule has 1 unspecified atom stereocenters. The van der Waals surface area contributed by atoms with Crippen molar-refractivity contribution in [3.05, 3.63) is 0 Å². The first-order valence-corrected chi connectivity index (χ1v) is 8.70. The number of amides is 1. The lowest BCUT2D eigenvalue weighted by atomic mass is 10.0. The van der Waals surface area contributed by atoms with Crippen molar-refractivity contribution in [2.75, 3.05) is 6.54 Å². The number of unbranched alkanes of at least 4 members (excludes halogenated alkanes) is 9. The molecule has 0 aliphatic carbocycles. The van der Waals surface area contributed by atoms with Crippen LogP contribution in [0.15, 0.2) is 0 Å². The Morgan fingerprint density at radius 2 is 1.35 bits per heavy atom. The maximum Gasteiger partial charge on any atom is 0.278 e. The summed E-state index contributed by atoms with van der Waals surface area (Å²) in [6, 6.07) is -0.113. The van der Waals surface area contributed by atoms with Gasteiger partial charge < -0.3 is 11.1 Å². The molecular weight excluding hydrogens is 248 g/mol. The van der Waals surface area contributed by atoms with Crippen LogP contribution in [0.25, 0.3) is 0 Å². The summed E-state index contributed by atoms with van der Waals surface area (Å²) in [6.07, 6.45) is 13.3. The molecule has 0 spiro atoms. The molecule has 0 heterocycles. The van der Waals surface area contributed by atoms with Gasteiger partial charge in [0.25, 0.3) is 5.91 Å². The van der Waals surface area contributed by atoms with Crippen molar-refractivity contribution in [3.63, 3.8) is 0 Å². The van der Waals surface area contributed by atoms with E-state index in [0.717, 1.165) is 13.0 Å².